The van der Waals surface area contributed by atoms with Crippen molar-refractivity contribution in [3.05, 3.63) is 0 Å². The molecule has 0 aromatic carbocycles. The van der Waals surface area contributed by atoms with Crippen molar-refractivity contribution in [2.24, 2.45) is 0 Å². The van der Waals surface area contributed by atoms with Gasteiger partial charge in [-0.15, -0.1) is 0 Å². The van der Waals surface area contributed by atoms with Crippen molar-refractivity contribution in [1.82, 2.24) is 0 Å². The van der Waals surface area contributed by atoms with E-state index in [0.717, 1.165) is 0 Å². The first kappa shape index (κ1) is 11.9. The third-order valence-electron chi connectivity index (χ3n) is 0.0278. The maximum atomic E-state index is 2.01. The first-order valence-corrected chi connectivity index (χ1v) is 7.42. The molecule has 0 fully saturated rings. The van der Waals surface area contributed by atoms with Crippen LogP contribution >= 0.6 is 17.0 Å². The predicted octanol–water partition coefficient (Wildman–Crippen LogP) is 0.643. The van der Waals surface area contributed by atoms with Gasteiger partial charge in [-0.2, -0.15) is 0 Å². The monoisotopic (exact) mass is 394 g/mol. The second-order valence-corrected chi connectivity index (χ2v) is 7.25. The second-order valence-electron chi connectivity index (χ2n) is 0.136. The summed E-state index contributed by atoms with van der Waals surface area (Å²) in [6.07, 6.45) is 0. The molecule has 0 radical (unpaired) electrons. The van der Waals surface area contributed by atoms with Crippen LogP contribution in [0.1, 0.15) is 0 Å². The van der Waals surface area contributed by atoms with Crippen LogP contribution in [0.15, 0.2) is 0 Å². The van der Waals surface area contributed by atoms with E-state index in [-0.39, 0.29) is 68.9 Å². The van der Waals surface area contributed by atoms with E-state index in [1.54, 1.807) is 17.0 Å². The molecule has 0 bridgehead atoms. The summed E-state index contributed by atoms with van der Waals surface area (Å²) in [6.45, 7) is 0. The summed E-state index contributed by atoms with van der Waals surface area (Å²) in [4.78, 5) is 0. The summed E-state index contributed by atoms with van der Waals surface area (Å²) >= 11 is 4.01. The van der Waals surface area contributed by atoms with Crippen molar-refractivity contribution < 1.29 is 37.1 Å². The average molecular weight is 390 g/mol. The van der Waals surface area contributed by atoms with E-state index in [2.05, 4.69) is 0 Å². The standard InChI is InChI=1S/Cs.2Mo.S2.H/c;;;1-2;/q;2*+1;-2;. The quantitative estimate of drug-likeness (QED) is 0.477. The number of hydrogen-bond acceptors (Lipinski definition) is 2. The molecule has 0 aromatic rings. The molecule has 0 aliphatic heterocycles. The minimum atomic E-state index is 0. The van der Waals surface area contributed by atoms with E-state index >= 15 is 0 Å². The van der Waals surface area contributed by atoms with Crippen molar-refractivity contribution in [1.29, 1.82) is 0 Å². The maximum absolute atomic E-state index is 2.01. The molecule has 5 heavy (non-hydrogen) atoms. The third kappa shape index (κ3) is 11.6. The fraction of sp³-hybridized carbons (Fsp3) is 0. The predicted molar refractivity (Wildman–Crippen MR) is 22.3 cm³/mol. The molecule has 0 amide bonds. The van der Waals surface area contributed by atoms with Crippen LogP contribution < -0.4 is 0 Å². The van der Waals surface area contributed by atoms with E-state index in [1.807, 2.05) is 37.1 Å². The first-order valence-electron chi connectivity index (χ1n) is 0.500. The van der Waals surface area contributed by atoms with Crippen LogP contribution in [0.25, 0.3) is 0 Å². The molecular weight excluding hydrogens is 389 g/mol. The molecule has 0 atom stereocenters. The van der Waals surface area contributed by atoms with E-state index in [1.165, 1.54) is 0 Å². The van der Waals surface area contributed by atoms with Gasteiger partial charge in [-0.3, -0.25) is 0 Å². The molecule has 5 heteroatoms. The molecule has 0 heterocycles. The summed E-state index contributed by atoms with van der Waals surface area (Å²) in [5.41, 5.74) is 0. The fourth-order valence-electron chi connectivity index (χ4n) is 0. The van der Waals surface area contributed by atoms with Gasteiger partial charge in [0.1, 0.15) is 0 Å². The Balaban J connectivity index is 0. The molecule has 0 spiro atoms. The number of hydrogen-bond donors (Lipinski definition) is 0. The van der Waals surface area contributed by atoms with Crippen LogP contribution in [0, 0.1) is 0 Å². The van der Waals surface area contributed by atoms with Crippen LogP contribution in [0.3, 0.4) is 0 Å². The summed E-state index contributed by atoms with van der Waals surface area (Å²) in [5, 5.41) is 0. The zero-order valence-electron chi connectivity index (χ0n) is 1.63. The molecule has 0 saturated heterocycles. The van der Waals surface area contributed by atoms with Crippen LogP contribution in [-0.2, 0) is 37.1 Å². The van der Waals surface area contributed by atoms with Gasteiger partial charge < -0.3 is 0 Å². The molecule has 0 N–H and O–H groups in total. The van der Waals surface area contributed by atoms with Crippen LogP contribution in [-0.4, -0.2) is 68.9 Å². The Labute approximate surface area is 119 Å². The van der Waals surface area contributed by atoms with Crippen molar-refractivity contribution >= 4 is 85.9 Å². The second kappa shape index (κ2) is 11.0. The van der Waals surface area contributed by atoms with Crippen molar-refractivity contribution in [3.8, 4) is 0 Å². The Hall–Kier alpha value is 4.13. The molecule has 0 rings (SSSR count). The zero-order valence-corrected chi connectivity index (χ0v) is 7.28. The Bertz CT molecular complexity index is 9.61. The molecule has 26 valence electrons. The van der Waals surface area contributed by atoms with Crippen LogP contribution in [0.2, 0.25) is 0 Å². The normalized spacial score (nSPS) is 5.60. The van der Waals surface area contributed by atoms with E-state index < -0.39 is 0 Å². The van der Waals surface area contributed by atoms with Gasteiger partial charge in [0, 0.05) is 0 Å². The Morgan fingerprint density at radius 2 is 1.20 bits per heavy atom. The molecule has 0 aliphatic rings. The molecule has 0 saturated carbocycles. The van der Waals surface area contributed by atoms with Gasteiger partial charge in [0.25, 0.3) is 0 Å². The minimum absolute atomic E-state index is 0. The Kier molecular flexibility index (Phi) is 26.1. The van der Waals surface area contributed by atoms with E-state index in [4.69, 9.17) is 0 Å². The first-order chi connectivity index (χ1) is 1.91. The van der Waals surface area contributed by atoms with Gasteiger partial charge in [0.05, 0.1) is 0 Å². The summed E-state index contributed by atoms with van der Waals surface area (Å²) < 4.78 is 0. The average Bonchev–Trinajstić information content (AvgIpc) is 1.37. The van der Waals surface area contributed by atoms with Gasteiger partial charge in [-0.25, -0.2) is 0 Å². The van der Waals surface area contributed by atoms with Crippen molar-refractivity contribution in [2.75, 3.05) is 0 Å². The van der Waals surface area contributed by atoms with Gasteiger partial charge in [0.2, 0.25) is 0 Å². The molecule has 0 aromatic heterocycles. The van der Waals surface area contributed by atoms with Gasteiger partial charge in [-0.1, -0.05) is 0 Å². The molecule has 0 unspecified atom stereocenters. The Morgan fingerprint density at radius 1 is 1.00 bits per heavy atom. The summed E-state index contributed by atoms with van der Waals surface area (Å²) in [7, 11) is 3.58. The van der Waals surface area contributed by atoms with Crippen molar-refractivity contribution in [3.63, 3.8) is 0 Å². The summed E-state index contributed by atoms with van der Waals surface area (Å²) in [6, 6.07) is 0. The van der Waals surface area contributed by atoms with E-state index in [9.17, 15) is 0 Å². The Morgan fingerprint density at radius 3 is 1.20 bits per heavy atom. The zero-order chi connectivity index (χ0) is 3.41. The molecule has 0 nitrogen and oxygen atoms in total. The van der Waals surface area contributed by atoms with E-state index in [0.29, 0.717) is 0 Å². The third-order valence-corrected chi connectivity index (χ3v) is 8.75. The molecular formula is HCsMo2S2. The van der Waals surface area contributed by atoms with Crippen LogP contribution in [0.4, 0.5) is 0 Å². The molecule has 0 aliphatic carbocycles. The number of rotatable bonds is 1. The fourth-order valence-corrected chi connectivity index (χ4v) is 0. The summed E-state index contributed by atoms with van der Waals surface area (Å²) in [5.74, 6) is 0. The van der Waals surface area contributed by atoms with Gasteiger partial charge in [0.15, 0.2) is 0 Å². The SMILES string of the molecule is [CsH].[Mo][S][S][Mo]. The van der Waals surface area contributed by atoms with Crippen molar-refractivity contribution in [2.45, 2.75) is 0 Å². The topological polar surface area (TPSA) is 0 Å². The van der Waals surface area contributed by atoms with Crippen LogP contribution in [0.5, 0.6) is 0 Å². The van der Waals surface area contributed by atoms with Gasteiger partial charge in [-0.05, 0) is 0 Å². The van der Waals surface area contributed by atoms with Gasteiger partial charge >= 0.3 is 123 Å².